The first-order valence-corrected chi connectivity index (χ1v) is 7.11. The molecule has 122 valence electrons. The van der Waals surface area contributed by atoms with E-state index < -0.39 is 0 Å². The van der Waals surface area contributed by atoms with E-state index in [0.29, 0.717) is 36.5 Å². The fraction of sp³-hybridized carbons (Fsp3) is 0.429. The number of nitrogens with zero attached hydrogens (tertiary/aromatic N) is 5. The second kappa shape index (κ2) is 6.11. The third-order valence-electron chi connectivity index (χ3n) is 3.53. The Bertz CT molecular complexity index is 688. The minimum absolute atomic E-state index is 0.0327. The maximum atomic E-state index is 12.0. The second-order valence-electron chi connectivity index (χ2n) is 5.20. The zero-order valence-electron chi connectivity index (χ0n) is 13.2. The molecule has 0 atom stereocenters. The molecule has 0 aliphatic carbocycles. The summed E-state index contributed by atoms with van der Waals surface area (Å²) in [5.74, 6) is 1.21. The number of rotatable bonds is 5. The molecule has 23 heavy (non-hydrogen) atoms. The van der Waals surface area contributed by atoms with E-state index in [0.717, 1.165) is 0 Å². The highest BCUT2D eigenvalue weighted by Gasteiger charge is 2.31. The lowest BCUT2D eigenvalue weighted by Crippen LogP contribution is -2.60. The van der Waals surface area contributed by atoms with Crippen molar-refractivity contribution in [2.45, 2.75) is 6.04 Å². The van der Waals surface area contributed by atoms with E-state index in [2.05, 4.69) is 20.4 Å². The molecule has 2 aromatic rings. The topological polar surface area (TPSA) is 94.4 Å². The SMILES string of the molecule is COc1cc(OC)nc(N2CC(NC(=O)c3ccn(C)n3)C2)n1. The minimum Gasteiger partial charge on any atom is -0.481 e. The Morgan fingerprint density at radius 3 is 2.43 bits per heavy atom. The molecule has 0 unspecified atom stereocenters. The lowest BCUT2D eigenvalue weighted by molar-refractivity contribution is 0.0924. The van der Waals surface area contributed by atoms with Gasteiger partial charge in [0.15, 0.2) is 0 Å². The fourth-order valence-electron chi connectivity index (χ4n) is 2.27. The van der Waals surface area contributed by atoms with Crippen LogP contribution in [0, 0.1) is 0 Å². The number of aromatic nitrogens is 4. The highest BCUT2D eigenvalue weighted by molar-refractivity contribution is 5.92. The van der Waals surface area contributed by atoms with Gasteiger partial charge >= 0.3 is 0 Å². The zero-order valence-corrected chi connectivity index (χ0v) is 13.2. The van der Waals surface area contributed by atoms with E-state index in [9.17, 15) is 4.79 Å². The number of hydrogen-bond donors (Lipinski definition) is 1. The van der Waals surface area contributed by atoms with Gasteiger partial charge in [0.1, 0.15) is 5.69 Å². The summed E-state index contributed by atoms with van der Waals surface area (Å²) in [5.41, 5.74) is 0.408. The summed E-state index contributed by atoms with van der Waals surface area (Å²) in [6.07, 6.45) is 1.73. The predicted molar refractivity (Wildman–Crippen MR) is 81.8 cm³/mol. The molecule has 1 aliphatic heterocycles. The van der Waals surface area contributed by atoms with Crippen LogP contribution >= 0.6 is 0 Å². The molecule has 9 heteroatoms. The fourth-order valence-corrected chi connectivity index (χ4v) is 2.27. The van der Waals surface area contributed by atoms with E-state index >= 15 is 0 Å². The van der Waals surface area contributed by atoms with E-state index in [1.165, 1.54) is 14.2 Å². The summed E-state index contributed by atoms with van der Waals surface area (Å²) >= 11 is 0. The van der Waals surface area contributed by atoms with Crippen LogP contribution in [-0.4, -0.2) is 59.0 Å². The van der Waals surface area contributed by atoms with Gasteiger partial charge in [0.05, 0.1) is 26.3 Å². The number of nitrogens with one attached hydrogen (secondary N) is 1. The lowest BCUT2D eigenvalue weighted by Gasteiger charge is -2.39. The van der Waals surface area contributed by atoms with Gasteiger partial charge in [-0.1, -0.05) is 0 Å². The number of hydrogen-bond acceptors (Lipinski definition) is 7. The molecule has 1 fully saturated rings. The van der Waals surface area contributed by atoms with E-state index in [-0.39, 0.29) is 11.9 Å². The quantitative estimate of drug-likeness (QED) is 0.819. The van der Waals surface area contributed by atoms with Crippen LogP contribution < -0.4 is 19.7 Å². The van der Waals surface area contributed by atoms with E-state index in [4.69, 9.17) is 9.47 Å². The molecule has 1 N–H and O–H groups in total. The maximum Gasteiger partial charge on any atom is 0.272 e. The Morgan fingerprint density at radius 2 is 1.91 bits per heavy atom. The van der Waals surface area contributed by atoms with Gasteiger partial charge in [0.2, 0.25) is 17.7 Å². The molecular formula is C14H18N6O3. The molecule has 0 bridgehead atoms. The number of aryl methyl sites for hydroxylation is 1. The van der Waals surface area contributed by atoms with Gasteiger partial charge in [-0.2, -0.15) is 15.1 Å². The summed E-state index contributed by atoms with van der Waals surface area (Å²) in [6.45, 7) is 1.24. The summed E-state index contributed by atoms with van der Waals surface area (Å²) in [4.78, 5) is 22.5. The van der Waals surface area contributed by atoms with Gasteiger partial charge in [0.25, 0.3) is 5.91 Å². The average Bonchev–Trinajstić information content (AvgIpc) is 2.96. The van der Waals surface area contributed by atoms with E-state index in [1.807, 2.05) is 4.90 Å². The predicted octanol–water partition coefficient (Wildman–Crippen LogP) is -0.154. The van der Waals surface area contributed by atoms with Crippen LogP contribution in [-0.2, 0) is 7.05 Å². The highest BCUT2D eigenvalue weighted by Crippen LogP contribution is 2.23. The molecule has 0 radical (unpaired) electrons. The number of carbonyl (C=O) groups is 1. The molecule has 0 aromatic carbocycles. The van der Waals surface area contributed by atoms with Crippen molar-refractivity contribution in [1.82, 2.24) is 25.1 Å². The molecule has 1 saturated heterocycles. The summed E-state index contributed by atoms with van der Waals surface area (Å²) in [7, 11) is 4.85. The third-order valence-corrected chi connectivity index (χ3v) is 3.53. The molecule has 3 heterocycles. The largest absolute Gasteiger partial charge is 0.481 e. The summed E-state index contributed by atoms with van der Waals surface area (Å²) in [5, 5.41) is 7.01. The Kier molecular flexibility index (Phi) is 4.00. The van der Waals surface area contributed by atoms with Crippen LogP contribution in [0.25, 0.3) is 0 Å². The van der Waals surface area contributed by atoms with Crippen molar-refractivity contribution in [2.24, 2.45) is 7.05 Å². The molecule has 3 rings (SSSR count). The average molecular weight is 318 g/mol. The van der Waals surface area contributed by atoms with Crippen LogP contribution in [0.5, 0.6) is 11.8 Å². The Morgan fingerprint density at radius 1 is 1.26 bits per heavy atom. The van der Waals surface area contributed by atoms with Gasteiger partial charge in [0, 0.05) is 26.3 Å². The highest BCUT2D eigenvalue weighted by atomic mass is 16.5. The van der Waals surface area contributed by atoms with Crippen molar-refractivity contribution in [3.63, 3.8) is 0 Å². The molecule has 0 saturated carbocycles. The van der Waals surface area contributed by atoms with Crippen LogP contribution in [0.4, 0.5) is 5.95 Å². The molecule has 9 nitrogen and oxygen atoms in total. The van der Waals surface area contributed by atoms with Gasteiger partial charge in [-0.15, -0.1) is 0 Å². The van der Waals surface area contributed by atoms with Gasteiger partial charge in [-0.25, -0.2) is 0 Å². The summed E-state index contributed by atoms with van der Waals surface area (Å²) < 4.78 is 11.9. The van der Waals surface area contributed by atoms with Crippen molar-refractivity contribution in [3.05, 3.63) is 24.0 Å². The molecule has 0 spiro atoms. The summed E-state index contributed by atoms with van der Waals surface area (Å²) in [6, 6.07) is 3.33. The smallest absolute Gasteiger partial charge is 0.272 e. The third kappa shape index (κ3) is 3.17. The van der Waals surface area contributed by atoms with Crippen LogP contribution in [0.3, 0.4) is 0 Å². The number of anilines is 1. The monoisotopic (exact) mass is 318 g/mol. The first kappa shape index (κ1) is 15.1. The number of carbonyl (C=O) groups excluding carboxylic acids is 1. The Balaban J connectivity index is 1.59. The van der Waals surface area contributed by atoms with Crippen molar-refractivity contribution < 1.29 is 14.3 Å². The molecule has 1 aliphatic rings. The second-order valence-corrected chi connectivity index (χ2v) is 5.20. The Labute approximate surface area is 133 Å². The number of methoxy groups -OCH3 is 2. The number of amides is 1. The number of ether oxygens (including phenoxy) is 2. The lowest BCUT2D eigenvalue weighted by atomic mass is 10.1. The van der Waals surface area contributed by atoms with Crippen molar-refractivity contribution in [2.75, 3.05) is 32.2 Å². The maximum absolute atomic E-state index is 12.0. The Hall–Kier alpha value is -2.84. The standard InChI is InChI=1S/C14H18N6O3/c1-19-5-4-10(18-19)13(21)15-9-7-20(8-9)14-16-11(22-2)6-12(17-14)23-3/h4-6,9H,7-8H2,1-3H3,(H,15,21). The van der Waals surface area contributed by atoms with Crippen LogP contribution in [0.1, 0.15) is 10.5 Å². The molecular weight excluding hydrogens is 300 g/mol. The minimum atomic E-state index is -0.181. The van der Waals surface area contributed by atoms with Gasteiger partial charge in [-0.3, -0.25) is 9.48 Å². The zero-order chi connectivity index (χ0) is 16.4. The van der Waals surface area contributed by atoms with E-state index in [1.54, 1.807) is 30.1 Å². The van der Waals surface area contributed by atoms with Crippen LogP contribution in [0.2, 0.25) is 0 Å². The molecule has 2 aromatic heterocycles. The van der Waals surface area contributed by atoms with Crippen molar-refractivity contribution in [1.29, 1.82) is 0 Å². The van der Waals surface area contributed by atoms with Crippen LogP contribution in [0.15, 0.2) is 18.3 Å². The first-order valence-electron chi connectivity index (χ1n) is 7.11. The van der Waals surface area contributed by atoms with Gasteiger partial charge < -0.3 is 19.7 Å². The molecule has 1 amide bonds. The normalized spacial score (nSPS) is 14.3. The van der Waals surface area contributed by atoms with Gasteiger partial charge in [-0.05, 0) is 6.07 Å². The van der Waals surface area contributed by atoms with Crippen molar-refractivity contribution in [3.8, 4) is 11.8 Å². The van der Waals surface area contributed by atoms with Crippen molar-refractivity contribution >= 4 is 11.9 Å². The first-order chi connectivity index (χ1) is 11.1.